The zero-order valence-corrected chi connectivity index (χ0v) is 16.5. The first-order chi connectivity index (χ1) is 12.6. The number of carbonyl (C=O) groups is 1. The van der Waals surface area contributed by atoms with Gasteiger partial charge in [-0.3, -0.25) is 4.79 Å². The van der Waals surface area contributed by atoms with Gasteiger partial charge in [0.25, 0.3) is 0 Å². The third-order valence-corrected chi connectivity index (χ3v) is 6.88. The van der Waals surface area contributed by atoms with E-state index in [2.05, 4.69) is 35.4 Å². The number of fused-ring (bicyclic) bond motifs is 2. The van der Waals surface area contributed by atoms with Crippen LogP contribution >= 0.6 is 11.3 Å². The monoisotopic (exact) mass is 373 g/mol. The average Bonchev–Trinajstić information content (AvgIpc) is 3.27. The predicted molar refractivity (Wildman–Crippen MR) is 102 cm³/mol. The summed E-state index contributed by atoms with van der Waals surface area (Å²) in [6.07, 6.45) is 5.96. The molecule has 2 aromatic heterocycles. The molecule has 0 atom stereocenters. The molecule has 1 spiro atoms. The molecule has 2 aliphatic rings. The normalized spacial score (nSPS) is 18.9. The number of hydrogen-bond donors (Lipinski definition) is 0. The molecule has 0 aromatic carbocycles. The summed E-state index contributed by atoms with van der Waals surface area (Å²) in [5.41, 5.74) is 2.16. The fourth-order valence-corrected chi connectivity index (χ4v) is 5.34. The number of imidazole rings is 1. The summed E-state index contributed by atoms with van der Waals surface area (Å²) in [6, 6.07) is 4.28. The van der Waals surface area contributed by atoms with E-state index in [0.717, 1.165) is 44.5 Å². The highest BCUT2D eigenvalue weighted by molar-refractivity contribution is 7.11. The van der Waals surface area contributed by atoms with Crippen molar-refractivity contribution in [2.45, 2.75) is 58.0 Å². The van der Waals surface area contributed by atoms with E-state index in [1.807, 2.05) is 6.33 Å². The molecule has 1 fully saturated rings. The van der Waals surface area contributed by atoms with Gasteiger partial charge in [-0.1, -0.05) is 0 Å². The lowest BCUT2D eigenvalue weighted by Gasteiger charge is -2.48. The maximum atomic E-state index is 13.2. The quantitative estimate of drug-likeness (QED) is 0.826. The minimum Gasteiger partial charge on any atom is -0.381 e. The van der Waals surface area contributed by atoms with Crippen molar-refractivity contribution >= 4 is 17.2 Å². The van der Waals surface area contributed by atoms with Gasteiger partial charge in [0.05, 0.1) is 17.6 Å². The summed E-state index contributed by atoms with van der Waals surface area (Å²) in [6.45, 7) is 7.39. The number of nitrogens with zero attached hydrogens (tertiary/aromatic N) is 3. The molecule has 26 heavy (non-hydrogen) atoms. The van der Waals surface area contributed by atoms with Gasteiger partial charge in [-0.25, -0.2) is 4.98 Å². The topological polar surface area (TPSA) is 47.4 Å². The van der Waals surface area contributed by atoms with E-state index in [9.17, 15) is 4.79 Å². The van der Waals surface area contributed by atoms with Crippen molar-refractivity contribution in [3.05, 3.63) is 39.6 Å². The molecule has 2 aromatic rings. The second kappa shape index (κ2) is 7.16. The number of hydrogen-bond acceptors (Lipinski definition) is 4. The Morgan fingerprint density at radius 1 is 1.35 bits per heavy atom. The molecule has 0 unspecified atom stereocenters. The lowest BCUT2D eigenvalue weighted by atomic mass is 9.80. The Labute approximate surface area is 159 Å². The van der Waals surface area contributed by atoms with Crippen molar-refractivity contribution in [1.82, 2.24) is 14.5 Å². The van der Waals surface area contributed by atoms with E-state index < -0.39 is 0 Å². The molecule has 1 amide bonds. The number of ether oxygens (including phenoxy) is 1. The summed E-state index contributed by atoms with van der Waals surface area (Å²) in [5, 5.41) is 0. The number of amides is 1. The zero-order valence-electron chi connectivity index (χ0n) is 15.7. The molecular formula is C20H27N3O2S. The van der Waals surface area contributed by atoms with Crippen molar-refractivity contribution in [2.75, 3.05) is 19.8 Å². The highest BCUT2D eigenvalue weighted by Gasteiger charge is 2.48. The third kappa shape index (κ3) is 2.99. The van der Waals surface area contributed by atoms with Crippen molar-refractivity contribution < 1.29 is 9.53 Å². The second-order valence-electron chi connectivity index (χ2n) is 7.28. The average molecular weight is 374 g/mol. The molecule has 0 radical (unpaired) electrons. The molecule has 5 nitrogen and oxygen atoms in total. The van der Waals surface area contributed by atoms with Crippen LogP contribution in [0.15, 0.2) is 18.5 Å². The lowest BCUT2D eigenvalue weighted by molar-refractivity contribution is -0.144. The standard InChI is InChI=1S/C20H27N3O2S/c1-3-22-14-21-19-17(22)8-11-23(20(19)9-12-25-13-10-20)18(24)7-6-16-5-4-15(2)26-16/h4-5,14H,3,6-13H2,1-2H3. The third-order valence-electron chi connectivity index (χ3n) is 5.82. The minimum absolute atomic E-state index is 0.259. The number of rotatable bonds is 4. The van der Waals surface area contributed by atoms with E-state index in [-0.39, 0.29) is 11.4 Å². The van der Waals surface area contributed by atoms with Gasteiger partial charge < -0.3 is 14.2 Å². The molecule has 1 saturated heterocycles. The van der Waals surface area contributed by atoms with Gasteiger partial charge in [0.2, 0.25) is 5.91 Å². The van der Waals surface area contributed by atoms with Crippen molar-refractivity contribution in [3.8, 4) is 0 Å². The number of aromatic nitrogens is 2. The Kier molecular flexibility index (Phi) is 4.88. The molecule has 0 N–H and O–H groups in total. The van der Waals surface area contributed by atoms with Crippen LogP contribution in [0.2, 0.25) is 0 Å². The molecule has 0 aliphatic carbocycles. The number of thiophene rings is 1. The van der Waals surface area contributed by atoms with Crippen molar-refractivity contribution in [2.24, 2.45) is 0 Å². The Morgan fingerprint density at radius 2 is 2.15 bits per heavy atom. The predicted octanol–water partition coefficient (Wildman–Crippen LogP) is 3.30. The molecular weight excluding hydrogens is 346 g/mol. The highest BCUT2D eigenvalue weighted by Crippen LogP contribution is 2.42. The van der Waals surface area contributed by atoms with Gasteiger partial charge in [0, 0.05) is 54.6 Å². The van der Waals surface area contributed by atoms with Gasteiger partial charge in [0.1, 0.15) is 0 Å². The number of carbonyl (C=O) groups excluding carboxylic acids is 1. The summed E-state index contributed by atoms with van der Waals surface area (Å²) < 4.78 is 7.87. The summed E-state index contributed by atoms with van der Waals surface area (Å²) >= 11 is 1.79. The van der Waals surface area contributed by atoms with Gasteiger partial charge in [-0.15, -0.1) is 11.3 Å². The van der Waals surface area contributed by atoms with Crippen LogP contribution < -0.4 is 0 Å². The molecule has 0 saturated carbocycles. The molecule has 2 aliphatic heterocycles. The summed E-state index contributed by atoms with van der Waals surface area (Å²) in [4.78, 5) is 22.7. The first-order valence-electron chi connectivity index (χ1n) is 9.62. The van der Waals surface area contributed by atoms with Gasteiger partial charge in [-0.2, -0.15) is 0 Å². The maximum absolute atomic E-state index is 13.2. The maximum Gasteiger partial charge on any atom is 0.223 e. The van der Waals surface area contributed by atoms with E-state index in [4.69, 9.17) is 9.72 Å². The van der Waals surface area contributed by atoms with E-state index in [0.29, 0.717) is 19.6 Å². The Balaban J connectivity index is 1.59. The van der Waals surface area contributed by atoms with Crippen LogP contribution in [-0.2, 0) is 34.5 Å². The second-order valence-corrected chi connectivity index (χ2v) is 8.65. The fourth-order valence-electron chi connectivity index (χ4n) is 4.45. The largest absolute Gasteiger partial charge is 0.381 e. The first-order valence-corrected chi connectivity index (χ1v) is 10.4. The smallest absolute Gasteiger partial charge is 0.223 e. The first kappa shape index (κ1) is 17.7. The summed E-state index contributed by atoms with van der Waals surface area (Å²) in [5.74, 6) is 0.259. The van der Waals surface area contributed by atoms with Crippen molar-refractivity contribution in [1.29, 1.82) is 0 Å². The van der Waals surface area contributed by atoms with E-state index in [1.54, 1.807) is 11.3 Å². The van der Waals surface area contributed by atoms with Crippen LogP contribution in [-0.4, -0.2) is 40.1 Å². The van der Waals surface area contributed by atoms with Crippen LogP contribution in [0, 0.1) is 6.92 Å². The van der Waals surface area contributed by atoms with Gasteiger partial charge >= 0.3 is 0 Å². The SMILES string of the molecule is CCn1cnc2c1CCN(C(=O)CCc1ccc(C)s1)C21CCOCC1. The van der Waals surface area contributed by atoms with Crippen LogP contribution in [0.1, 0.15) is 47.3 Å². The molecule has 4 rings (SSSR count). The van der Waals surface area contributed by atoms with Gasteiger partial charge in [-0.05, 0) is 45.2 Å². The van der Waals surface area contributed by atoms with Crippen molar-refractivity contribution in [3.63, 3.8) is 0 Å². The lowest BCUT2D eigenvalue weighted by Crippen LogP contribution is -2.56. The van der Waals surface area contributed by atoms with E-state index >= 15 is 0 Å². The Hall–Kier alpha value is -1.66. The molecule has 4 heterocycles. The Morgan fingerprint density at radius 3 is 2.85 bits per heavy atom. The fraction of sp³-hybridized carbons (Fsp3) is 0.600. The van der Waals surface area contributed by atoms with E-state index in [1.165, 1.54) is 15.4 Å². The minimum atomic E-state index is -0.269. The molecule has 0 bridgehead atoms. The van der Waals surface area contributed by atoms with Crippen LogP contribution in [0.4, 0.5) is 0 Å². The van der Waals surface area contributed by atoms with Crippen LogP contribution in [0.5, 0.6) is 0 Å². The molecule has 140 valence electrons. The van der Waals surface area contributed by atoms with Crippen LogP contribution in [0.3, 0.4) is 0 Å². The molecule has 6 heteroatoms. The number of aryl methyl sites for hydroxylation is 3. The van der Waals surface area contributed by atoms with Gasteiger partial charge in [0.15, 0.2) is 0 Å². The Bertz CT molecular complexity index is 789. The zero-order chi connectivity index (χ0) is 18.1. The van der Waals surface area contributed by atoms with Crippen LogP contribution in [0.25, 0.3) is 0 Å². The highest BCUT2D eigenvalue weighted by atomic mass is 32.1. The summed E-state index contributed by atoms with van der Waals surface area (Å²) in [7, 11) is 0.